The summed E-state index contributed by atoms with van der Waals surface area (Å²) in [5.74, 6) is 1.39. The quantitative estimate of drug-likeness (QED) is 0.505. The number of hydrogen-bond donors (Lipinski definition) is 1. The van der Waals surface area contributed by atoms with Gasteiger partial charge in [-0.1, -0.05) is 30.3 Å². The minimum atomic E-state index is -0.0898. The number of nitrogens with zero attached hydrogens (tertiary/aromatic N) is 1. The molecule has 5 nitrogen and oxygen atoms in total. The summed E-state index contributed by atoms with van der Waals surface area (Å²) in [6.07, 6.45) is 0.320. The molecule has 0 radical (unpaired) electrons. The van der Waals surface area contributed by atoms with Gasteiger partial charge in [-0.15, -0.1) is 11.3 Å². The summed E-state index contributed by atoms with van der Waals surface area (Å²) < 4.78 is 11.4. The summed E-state index contributed by atoms with van der Waals surface area (Å²) in [5, 5.41) is 6.24. The van der Waals surface area contributed by atoms with E-state index in [2.05, 4.69) is 10.3 Å². The van der Waals surface area contributed by atoms with Crippen LogP contribution in [0.15, 0.2) is 64.4 Å². The van der Waals surface area contributed by atoms with Crippen LogP contribution in [0.1, 0.15) is 12.5 Å². The van der Waals surface area contributed by atoms with Crippen molar-refractivity contribution in [2.24, 2.45) is 0 Å². The topological polar surface area (TPSA) is 64.4 Å². The Labute approximate surface area is 160 Å². The van der Waals surface area contributed by atoms with Crippen molar-refractivity contribution in [2.75, 3.05) is 11.9 Å². The second-order valence-corrected chi connectivity index (χ2v) is 6.85. The van der Waals surface area contributed by atoms with Crippen LogP contribution in [0.5, 0.6) is 5.75 Å². The summed E-state index contributed by atoms with van der Waals surface area (Å²) in [5.41, 5.74) is 2.44. The minimum Gasteiger partial charge on any atom is -0.494 e. The standard InChI is InChI=1S/C21H18N2O3S/c1-2-25-16-8-9-18-15(11-16)12-19(26-18)17-13-27-21(22-17)23-20(24)10-14-6-4-3-5-7-14/h3-9,11-13H,2,10H2,1H3,(H,22,23,24). The molecule has 0 fully saturated rings. The molecule has 0 aliphatic carbocycles. The first-order chi connectivity index (χ1) is 13.2. The number of amides is 1. The zero-order chi connectivity index (χ0) is 18.6. The van der Waals surface area contributed by atoms with Gasteiger partial charge >= 0.3 is 0 Å². The Morgan fingerprint density at radius 2 is 2.04 bits per heavy atom. The third-order valence-electron chi connectivity index (χ3n) is 4.01. The van der Waals surface area contributed by atoms with Crippen LogP contribution in [0.3, 0.4) is 0 Å². The zero-order valence-electron chi connectivity index (χ0n) is 14.8. The van der Waals surface area contributed by atoms with Crippen LogP contribution >= 0.6 is 11.3 Å². The molecule has 136 valence electrons. The van der Waals surface area contributed by atoms with Gasteiger partial charge < -0.3 is 14.5 Å². The number of ether oxygens (including phenoxy) is 1. The van der Waals surface area contributed by atoms with E-state index in [1.807, 2.05) is 66.9 Å². The Balaban J connectivity index is 1.48. The third-order valence-corrected chi connectivity index (χ3v) is 4.77. The smallest absolute Gasteiger partial charge is 0.230 e. The molecule has 4 rings (SSSR count). The minimum absolute atomic E-state index is 0.0898. The Kier molecular flexibility index (Phi) is 4.89. The largest absolute Gasteiger partial charge is 0.494 e. The maximum atomic E-state index is 12.2. The van der Waals surface area contributed by atoms with Crippen LogP contribution in [0.4, 0.5) is 5.13 Å². The molecule has 6 heteroatoms. The Morgan fingerprint density at radius 3 is 2.85 bits per heavy atom. The number of rotatable bonds is 6. The molecule has 0 saturated carbocycles. The first-order valence-electron chi connectivity index (χ1n) is 8.67. The summed E-state index contributed by atoms with van der Waals surface area (Å²) in [6.45, 7) is 2.57. The lowest BCUT2D eigenvalue weighted by Gasteiger charge is -2.01. The third kappa shape index (κ3) is 4.01. The van der Waals surface area contributed by atoms with Crippen LogP contribution in [-0.4, -0.2) is 17.5 Å². The van der Waals surface area contributed by atoms with E-state index in [-0.39, 0.29) is 5.91 Å². The van der Waals surface area contributed by atoms with Gasteiger partial charge in [0, 0.05) is 10.8 Å². The SMILES string of the molecule is CCOc1ccc2oc(-c3csc(NC(=O)Cc4ccccc4)n3)cc2c1. The van der Waals surface area contributed by atoms with E-state index in [1.54, 1.807) is 0 Å². The predicted molar refractivity (Wildman–Crippen MR) is 107 cm³/mol. The van der Waals surface area contributed by atoms with Crippen LogP contribution in [-0.2, 0) is 11.2 Å². The van der Waals surface area contributed by atoms with E-state index < -0.39 is 0 Å². The van der Waals surface area contributed by atoms with Gasteiger partial charge in [-0.3, -0.25) is 4.79 Å². The zero-order valence-corrected chi connectivity index (χ0v) is 15.6. The van der Waals surface area contributed by atoms with Crippen molar-refractivity contribution in [2.45, 2.75) is 13.3 Å². The molecule has 2 aromatic heterocycles. The van der Waals surface area contributed by atoms with E-state index in [0.717, 1.165) is 22.3 Å². The van der Waals surface area contributed by atoms with Gasteiger partial charge in [-0.2, -0.15) is 0 Å². The Morgan fingerprint density at radius 1 is 1.19 bits per heavy atom. The molecule has 0 spiro atoms. The van der Waals surface area contributed by atoms with Crippen LogP contribution in [0, 0.1) is 0 Å². The van der Waals surface area contributed by atoms with Crippen molar-refractivity contribution >= 4 is 33.3 Å². The van der Waals surface area contributed by atoms with Gasteiger partial charge in [-0.05, 0) is 36.8 Å². The molecule has 1 amide bonds. The van der Waals surface area contributed by atoms with Crippen LogP contribution in [0.25, 0.3) is 22.4 Å². The monoisotopic (exact) mass is 378 g/mol. The molecule has 2 heterocycles. The van der Waals surface area contributed by atoms with Gasteiger partial charge in [0.15, 0.2) is 10.9 Å². The first kappa shape index (κ1) is 17.3. The van der Waals surface area contributed by atoms with E-state index in [1.165, 1.54) is 11.3 Å². The van der Waals surface area contributed by atoms with Crippen molar-refractivity contribution < 1.29 is 13.9 Å². The van der Waals surface area contributed by atoms with E-state index in [0.29, 0.717) is 29.6 Å². The van der Waals surface area contributed by atoms with Crippen LogP contribution < -0.4 is 10.1 Å². The van der Waals surface area contributed by atoms with Crippen molar-refractivity contribution in [3.05, 3.63) is 65.5 Å². The summed E-state index contributed by atoms with van der Waals surface area (Å²) in [4.78, 5) is 16.7. The lowest BCUT2D eigenvalue weighted by molar-refractivity contribution is -0.115. The van der Waals surface area contributed by atoms with Gasteiger partial charge in [0.1, 0.15) is 17.0 Å². The number of nitrogens with one attached hydrogen (secondary N) is 1. The van der Waals surface area contributed by atoms with Gasteiger partial charge in [0.05, 0.1) is 13.0 Å². The molecule has 2 aromatic carbocycles. The maximum absolute atomic E-state index is 12.2. The molecule has 0 saturated heterocycles. The van der Waals surface area contributed by atoms with Crippen LogP contribution in [0.2, 0.25) is 0 Å². The molecule has 27 heavy (non-hydrogen) atoms. The molecule has 1 N–H and O–H groups in total. The number of aromatic nitrogens is 1. The average Bonchev–Trinajstić information content (AvgIpc) is 3.29. The number of fused-ring (bicyclic) bond motifs is 1. The Bertz CT molecular complexity index is 1070. The highest BCUT2D eigenvalue weighted by Crippen LogP contribution is 2.32. The van der Waals surface area contributed by atoms with Crippen molar-refractivity contribution in [1.82, 2.24) is 4.98 Å². The second-order valence-electron chi connectivity index (χ2n) is 5.99. The van der Waals surface area contributed by atoms with Gasteiger partial charge in [0.2, 0.25) is 5.91 Å². The summed E-state index contributed by atoms with van der Waals surface area (Å²) in [6, 6.07) is 17.3. The second kappa shape index (κ2) is 7.63. The van der Waals surface area contributed by atoms with E-state index >= 15 is 0 Å². The molecule has 0 bridgehead atoms. The van der Waals surface area contributed by atoms with E-state index in [4.69, 9.17) is 9.15 Å². The highest BCUT2D eigenvalue weighted by Gasteiger charge is 2.13. The van der Waals surface area contributed by atoms with Gasteiger partial charge in [-0.25, -0.2) is 4.98 Å². The predicted octanol–water partition coefficient (Wildman–Crippen LogP) is 5.14. The molecule has 0 aliphatic rings. The number of hydrogen-bond acceptors (Lipinski definition) is 5. The maximum Gasteiger partial charge on any atom is 0.230 e. The summed E-state index contributed by atoms with van der Waals surface area (Å²) in [7, 11) is 0. The molecule has 0 aliphatic heterocycles. The average molecular weight is 378 g/mol. The molecular weight excluding hydrogens is 360 g/mol. The lowest BCUT2D eigenvalue weighted by atomic mass is 10.1. The van der Waals surface area contributed by atoms with Gasteiger partial charge in [0.25, 0.3) is 0 Å². The number of carbonyl (C=O) groups is 1. The van der Waals surface area contributed by atoms with Crippen molar-refractivity contribution in [3.63, 3.8) is 0 Å². The normalized spacial score (nSPS) is 10.9. The number of anilines is 1. The number of thiazole rings is 1. The molecule has 4 aromatic rings. The molecular formula is C21H18N2O3S. The fourth-order valence-electron chi connectivity index (χ4n) is 2.79. The van der Waals surface area contributed by atoms with E-state index in [9.17, 15) is 4.79 Å². The molecule has 0 atom stereocenters. The number of benzene rings is 2. The number of carbonyl (C=O) groups excluding carboxylic acids is 1. The highest BCUT2D eigenvalue weighted by atomic mass is 32.1. The van der Waals surface area contributed by atoms with Crippen molar-refractivity contribution in [3.8, 4) is 17.2 Å². The lowest BCUT2D eigenvalue weighted by Crippen LogP contribution is -2.14. The molecule has 0 unspecified atom stereocenters. The summed E-state index contributed by atoms with van der Waals surface area (Å²) >= 11 is 1.38. The first-order valence-corrected chi connectivity index (χ1v) is 9.55. The highest BCUT2D eigenvalue weighted by molar-refractivity contribution is 7.14. The fraction of sp³-hybridized carbons (Fsp3) is 0.143. The number of furan rings is 1. The fourth-order valence-corrected chi connectivity index (χ4v) is 3.51. The Hall–Kier alpha value is -3.12. The van der Waals surface area contributed by atoms with Crippen molar-refractivity contribution in [1.29, 1.82) is 0 Å².